The second-order valence-electron chi connectivity index (χ2n) is 9.49. The van der Waals surface area contributed by atoms with Gasteiger partial charge in [0.15, 0.2) is 0 Å². The van der Waals surface area contributed by atoms with Crippen LogP contribution in [0.3, 0.4) is 0 Å². The zero-order valence-corrected chi connectivity index (χ0v) is 25.3. The van der Waals surface area contributed by atoms with Crippen molar-refractivity contribution in [1.82, 2.24) is 0 Å². The van der Waals surface area contributed by atoms with E-state index in [0.29, 0.717) is 0 Å². The molecule has 188 valence electrons. The van der Waals surface area contributed by atoms with Gasteiger partial charge in [-0.25, -0.2) is 11.6 Å². The van der Waals surface area contributed by atoms with Crippen molar-refractivity contribution in [3.63, 3.8) is 0 Å². The van der Waals surface area contributed by atoms with Crippen molar-refractivity contribution in [3.05, 3.63) is 149 Å². The second kappa shape index (κ2) is 14.2. The van der Waals surface area contributed by atoms with Gasteiger partial charge in [-0.1, -0.05) is 62.6 Å². The van der Waals surface area contributed by atoms with E-state index in [-0.39, 0.29) is 0 Å². The molecule has 0 unspecified atom stereocenters. The molecule has 5 aromatic rings. The molecule has 1 aliphatic carbocycles. The molecule has 0 nitrogen and oxygen atoms in total. The molecule has 0 heterocycles. The molecule has 5 aromatic carbocycles. The minimum absolute atomic E-state index is 1.03. The van der Waals surface area contributed by atoms with Gasteiger partial charge in [-0.05, 0) is 12.8 Å². The molecule has 38 heavy (non-hydrogen) atoms. The Kier molecular flexibility index (Phi) is 10.5. The van der Waals surface area contributed by atoms with Gasteiger partial charge in [-0.2, -0.15) is 6.08 Å². The van der Waals surface area contributed by atoms with E-state index in [9.17, 15) is 0 Å². The van der Waals surface area contributed by atoms with Gasteiger partial charge in [0.25, 0.3) is 0 Å². The Morgan fingerprint density at radius 2 is 1.18 bits per heavy atom. The molecule has 0 spiro atoms. The summed E-state index contributed by atoms with van der Waals surface area (Å²) in [5.41, 5.74) is 6.93. The number of fused-ring (bicyclic) bond motifs is 3. The predicted octanol–water partition coefficient (Wildman–Crippen LogP) is 9.72. The summed E-state index contributed by atoms with van der Waals surface area (Å²) in [7, 11) is 0. The average Bonchev–Trinajstić information content (AvgIpc) is 3.65. The molecule has 0 fully saturated rings. The van der Waals surface area contributed by atoms with Crippen LogP contribution in [0.1, 0.15) is 55.9 Å². The van der Waals surface area contributed by atoms with Crippen molar-refractivity contribution in [2.45, 2.75) is 46.5 Å². The predicted molar refractivity (Wildman–Crippen MR) is 163 cm³/mol. The first-order chi connectivity index (χ1) is 18.6. The van der Waals surface area contributed by atoms with Crippen molar-refractivity contribution in [3.8, 4) is 0 Å². The van der Waals surface area contributed by atoms with Crippen LogP contribution >= 0.6 is 0 Å². The van der Waals surface area contributed by atoms with Crippen LogP contribution in [0, 0.1) is 6.08 Å². The van der Waals surface area contributed by atoms with E-state index < -0.39 is 0 Å². The van der Waals surface area contributed by atoms with Crippen molar-refractivity contribution in [1.29, 1.82) is 0 Å². The summed E-state index contributed by atoms with van der Waals surface area (Å²) in [6.45, 7) is 6.58. The van der Waals surface area contributed by atoms with E-state index in [1.54, 1.807) is 0 Å². The summed E-state index contributed by atoms with van der Waals surface area (Å²) < 4.78 is 1.42. The molecule has 0 aliphatic heterocycles. The summed E-state index contributed by atoms with van der Waals surface area (Å²) in [4.78, 5) is 0. The summed E-state index contributed by atoms with van der Waals surface area (Å²) >= 11 is 1.46. The summed E-state index contributed by atoms with van der Waals surface area (Å²) in [6, 6.07) is 37.1. The van der Waals surface area contributed by atoms with Gasteiger partial charge < -0.3 is 0 Å². The van der Waals surface area contributed by atoms with E-state index in [1.807, 2.05) is 0 Å². The molecule has 0 saturated heterocycles. The SMILES string of the molecule is CCC1=CC[C-]=C1.CCc1ccc2c(c1)[cH-]c1cc(CC)ccc12.[Zr+2]=[C](c1ccccc1)c1ccccc1. The van der Waals surface area contributed by atoms with Crippen LogP contribution in [0.2, 0.25) is 0 Å². The van der Waals surface area contributed by atoms with E-state index in [0.717, 1.165) is 25.7 Å². The number of hydrogen-bond donors (Lipinski definition) is 0. The van der Waals surface area contributed by atoms with Crippen LogP contribution in [-0.2, 0) is 37.1 Å². The Bertz CT molecular complexity index is 1430. The Morgan fingerprint density at radius 3 is 1.55 bits per heavy atom. The number of rotatable bonds is 5. The van der Waals surface area contributed by atoms with Crippen molar-refractivity contribution in [2.75, 3.05) is 0 Å². The number of allylic oxidation sites excluding steroid dienone is 4. The van der Waals surface area contributed by atoms with Gasteiger partial charge in [-0.15, -0.1) is 46.2 Å². The Hall–Kier alpha value is -3.02. The van der Waals surface area contributed by atoms with E-state index in [4.69, 9.17) is 0 Å². The van der Waals surface area contributed by atoms with E-state index in [1.165, 1.54) is 76.8 Å². The molecule has 6 rings (SSSR count). The van der Waals surface area contributed by atoms with Gasteiger partial charge in [0.2, 0.25) is 0 Å². The summed E-state index contributed by atoms with van der Waals surface area (Å²) in [6.07, 6.45) is 11.8. The fourth-order valence-electron chi connectivity index (χ4n) is 4.62. The Labute approximate surface area is 243 Å². The molecule has 0 bridgehead atoms. The Morgan fingerprint density at radius 1 is 0.684 bits per heavy atom. The zero-order chi connectivity index (χ0) is 26.7. The van der Waals surface area contributed by atoms with Crippen molar-refractivity contribution < 1.29 is 24.2 Å². The monoisotopic (exact) mass is 570 g/mol. The first-order valence-electron chi connectivity index (χ1n) is 13.7. The van der Waals surface area contributed by atoms with Gasteiger partial charge in [-0.3, -0.25) is 6.08 Å². The summed E-state index contributed by atoms with van der Waals surface area (Å²) in [5, 5.41) is 5.54. The standard InChI is InChI=1S/C17H17.C13H10.C7H9.Zr/c1-3-12-5-7-16-14(9-12)11-15-10-13(4-2)6-8-17(15)16;1-3-7-12(8-4-1)11-13-9-5-2-6-10-13;1-2-7-5-3-4-6-7;/h5-11H,3-4H2,1-2H3;1-10H;5-6H,2-3H2,1H3;/q-1;;-1;+2. The Balaban J connectivity index is 0.000000144. The molecular weight excluding hydrogens is 536 g/mol. The van der Waals surface area contributed by atoms with Crippen LogP contribution in [0.25, 0.3) is 21.5 Å². The fraction of sp³-hybridized carbons (Fsp3) is 0.189. The molecule has 0 N–H and O–H groups in total. The third-order valence-electron chi connectivity index (χ3n) is 6.95. The molecule has 1 aliphatic rings. The van der Waals surface area contributed by atoms with Gasteiger partial charge in [0, 0.05) is 0 Å². The van der Waals surface area contributed by atoms with Crippen molar-refractivity contribution in [2.24, 2.45) is 0 Å². The third kappa shape index (κ3) is 7.30. The third-order valence-corrected chi connectivity index (χ3v) is 8.37. The normalized spacial score (nSPS) is 12.0. The number of benzene rings is 4. The van der Waals surface area contributed by atoms with Gasteiger partial charge in [0.05, 0.1) is 0 Å². The fourth-order valence-corrected chi connectivity index (χ4v) is 5.44. The van der Waals surface area contributed by atoms with Crippen LogP contribution in [0.4, 0.5) is 0 Å². The maximum atomic E-state index is 3.11. The second-order valence-corrected chi connectivity index (χ2v) is 10.7. The molecule has 0 radical (unpaired) electrons. The molecule has 0 aromatic heterocycles. The molecule has 1 heteroatoms. The van der Waals surface area contributed by atoms with Crippen molar-refractivity contribution >= 4 is 24.8 Å². The quantitative estimate of drug-likeness (QED) is 0.184. The molecule has 0 amide bonds. The molecule has 0 saturated carbocycles. The average molecular weight is 572 g/mol. The minimum atomic E-state index is 1.03. The van der Waals surface area contributed by atoms with E-state index in [2.05, 4.69) is 142 Å². The summed E-state index contributed by atoms with van der Waals surface area (Å²) in [5.74, 6) is 0. The first kappa shape index (κ1) is 28.0. The van der Waals surface area contributed by atoms with Crippen LogP contribution in [0.15, 0.2) is 121 Å². The zero-order valence-electron chi connectivity index (χ0n) is 22.8. The molecular formula is C37H36Zr. The van der Waals surface area contributed by atoms with E-state index >= 15 is 0 Å². The number of aryl methyl sites for hydroxylation is 2. The van der Waals surface area contributed by atoms with Crippen LogP contribution < -0.4 is 0 Å². The topological polar surface area (TPSA) is 0 Å². The first-order valence-corrected chi connectivity index (χ1v) is 14.9. The van der Waals surface area contributed by atoms with Crippen LogP contribution in [-0.4, -0.2) is 3.21 Å². The maximum absolute atomic E-state index is 3.11. The number of hydrogen-bond acceptors (Lipinski definition) is 0. The van der Waals surface area contributed by atoms with Gasteiger partial charge in [0.1, 0.15) is 0 Å². The molecule has 0 atom stereocenters. The van der Waals surface area contributed by atoms with Crippen LogP contribution in [0.5, 0.6) is 0 Å². The van der Waals surface area contributed by atoms with Gasteiger partial charge >= 0.3 is 99.2 Å².